The molecule has 0 bridgehead atoms. The lowest BCUT2D eigenvalue weighted by molar-refractivity contribution is 0.304. The minimum atomic E-state index is 0.800. The van der Waals surface area contributed by atoms with Gasteiger partial charge in [-0.25, -0.2) is 0 Å². The molecule has 2 rings (SSSR count). The van der Waals surface area contributed by atoms with Gasteiger partial charge >= 0.3 is 0 Å². The molecular formula is C40H62OS. The molecule has 0 aliphatic heterocycles. The summed E-state index contributed by atoms with van der Waals surface area (Å²) in [7, 11) is 0. The summed E-state index contributed by atoms with van der Waals surface area (Å²) in [5, 5.41) is 0. The fourth-order valence-corrected chi connectivity index (χ4v) is 5.77. The summed E-state index contributed by atoms with van der Waals surface area (Å²) in [5.74, 6) is 0.950. The van der Waals surface area contributed by atoms with Gasteiger partial charge in [-0.15, -0.1) is 0 Å². The molecule has 2 aromatic rings. The molecule has 0 aliphatic carbocycles. The summed E-state index contributed by atoms with van der Waals surface area (Å²) >= 11 is 5.65. The van der Waals surface area contributed by atoms with Crippen molar-refractivity contribution in [3.05, 3.63) is 71.3 Å². The molecule has 0 spiro atoms. The Hall–Kier alpha value is -1.93. The minimum absolute atomic E-state index is 0.800. The van der Waals surface area contributed by atoms with Crippen molar-refractivity contribution < 1.29 is 4.74 Å². The SMILES string of the molecule is CCCCCCCCCCCCCCCCCCCCCOc1cccc(C=CC(=S)c2ccc(CCCC)cc2)c1. The van der Waals surface area contributed by atoms with Crippen LogP contribution < -0.4 is 4.74 Å². The van der Waals surface area contributed by atoms with Gasteiger partial charge < -0.3 is 4.74 Å². The second-order valence-electron chi connectivity index (χ2n) is 12.3. The molecule has 0 N–H and O–H groups in total. The second kappa shape index (κ2) is 25.6. The van der Waals surface area contributed by atoms with E-state index in [4.69, 9.17) is 17.0 Å². The maximum atomic E-state index is 6.05. The number of unbranched alkanes of at least 4 members (excludes halogenated alkanes) is 19. The summed E-state index contributed by atoms with van der Waals surface area (Å²) in [5.41, 5.74) is 3.63. The Labute approximate surface area is 265 Å². The van der Waals surface area contributed by atoms with Crippen molar-refractivity contribution >= 4 is 23.2 Å². The van der Waals surface area contributed by atoms with Gasteiger partial charge in [0.25, 0.3) is 0 Å². The first-order valence-electron chi connectivity index (χ1n) is 17.8. The molecule has 42 heavy (non-hydrogen) atoms. The highest BCUT2D eigenvalue weighted by molar-refractivity contribution is 7.81. The number of allylic oxidation sites excluding steroid dienone is 1. The molecule has 0 aromatic heterocycles. The molecule has 0 saturated carbocycles. The predicted molar refractivity (Wildman–Crippen MR) is 191 cm³/mol. The fourth-order valence-electron chi connectivity index (χ4n) is 5.56. The molecule has 0 fully saturated rings. The second-order valence-corrected chi connectivity index (χ2v) is 12.7. The Balaban J connectivity index is 1.43. The number of rotatable bonds is 27. The van der Waals surface area contributed by atoms with E-state index in [9.17, 15) is 0 Å². The molecule has 2 heteroatoms. The van der Waals surface area contributed by atoms with Crippen molar-refractivity contribution in [2.45, 2.75) is 155 Å². The van der Waals surface area contributed by atoms with Crippen LogP contribution in [0.15, 0.2) is 54.6 Å². The summed E-state index contributed by atoms with van der Waals surface area (Å²) in [6, 6.07) is 17.1. The van der Waals surface area contributed by atoms with Crippen molar-refractivity contribution in [1.29, 1.82) is 0 Å². The van der Waals surface area contributed by atoms with E-state index in [0.717, 1.165) is 41.2 Å². The molecule has 0 atom stereocenters. The van der Waals surface area contributed by atoms with Crippen molar-refractivity contribution in [1.82, 2.24) is 0 Å². The quantitative estimate of drug-likeness (QED) is 0.0443. The topological polar surface area (TPSA) is 9.23 Å². The van der Waals surface area contributed by atoms with E-state index in [0.29, 0.717) is 0 Å². The average molecular weight is 591 g/mol. The van der Waals surface area contributed by atoms with Crippen LogP contribution in [0.2, 0.25) is 0 Å². The van der Waals surface area contributed by atoms with Crippen LogP contribution in [0.4, 0.5) is 0 Å². The van der Waals surface area contributed by atoms with Crippen molar-refractivity contribution in [2.24, 2.45) is 0 Å². The normalized spacial score (nSPS) is 11.4. The van der Waals surface area contributed by atoms with Crippen molar-refractivity contribution in [3.63, 3.8) is 0 Å². The molecule has 1 nitrogen and oxygen atoms in total. The number of hydrogen-bond acceptors (Lipinski definition) is 2. The molecule has 0 aliphatic rings. The minimum Gasteiger partial charge on any atom is -0.494 e. The Kier molecular flexibility index (Phi) is 22.1. The first-order valence-corrected chi connectivity index (χ1v) is 18.2. The maximum absolute atomic E-state index is 6.05. The van der Waals surface area contributed by atoms with Gasteiger partial charge in [0.15, 0.2) is 0 Å². The smallest absolute Gasteiger partial charge is 0.119 e. The Morgan fingerprint density at radius 1 is 0.595 bits per heavy atom. The van der Waals surface area contributed by atoms with Crippen LogP contribution in [0, 0.1) is 0 Å². The first kappa shape index (κ1) is 36.3. The number of benzene rings is 2. The average Bonchev–Trinajstić information content (AvgIpc) is 3.02. The molecule has 0 heterocycles. The van der Waals surface area contributed by atoms with Crippen molar-refractivity contribution in [3.8, 4) is 5.75 Å². The highest BCUT2D eigenvalue weighted by Crippen LogP contribution is 2.18. The van der Waals surface area contributed by atoms with Crippen LogP contribution in [0.3, 0.4) is 0 Å². The first-order chi connectivity index (χ1) is 20.7. The largest absolute Gasteiger partial charge is 0.494 e. The third kappa shape index (κ3) is 18.6. The van der Waals surface area contributed by atoms with E-state index in [-0.39, 0.29) is 0 Å². The van der Waals surface area contributed by atoms with Crippen LogP contribution in [-0.2, 0) is 6.42 Å². The lowest BCUT2D eigenvalue weighted by atomic mass is 10.0. The highest BCUT2D eigenvalue weighted by atomic mass is 32.1. The zero-order valence-electron chi connectivity index (χ0n) is 27.4. The number of ether oxygens (including phenoxy) is 1. The van der Waals surface area contributed by atoms with Gasteiger partial charge in [-0.05, 0) is 54.2 Å². The number of hydrogen-bond donors (Lipinski definition) is 0. The molecule has 2 aromatic carbocycles. The van der Waals surface area contributed by atoms with Gasteiger partial charge in [-0.2, -0.15) is 0 Å². The van der Waals surface area contributed by atoms with E-state index < -0.39 is 0 Å². The van der Waals surface area contributed by atoms with E-state index >= 15 is 0 Å². The molecule has 0 unspecified atom stereocenters. The van der Waals surface area contributed by atoms with Crippen LogP contribution in [-0.4, -0.2) is 11.5 Å². The van der Waals surface area contributed by atoms with Crippen LogP contribution in [0.5, 0.6) is 5.75 Å². The number of aryl methyl sites for hydroxylation is 1. The third-order valence-electron chi connectivity index (χ3n) is 8.36. The zero-order valence-corrected chi connectivity index (χ0v) is 28.2. The van der Waals surface area contributed by atoms with Gasteiger partial charge in [-0.1, -0.05) is 191 Å². The fraction of sp³-hybridized carbons (Fsp3) is 0.625. The Morgan fingerprint density at radius 2 is 1.10 bits per heavy atom. The van der Waals surface area contributed by atoms with E-state index in [1.165, 1.54) is 134 Å². The van der Waals surface area contributed by atoms with Gasteiger partial charge in [-0.3, -0.25) is 0 Å². The van der Waals surface area contributed by atoms with Gasteiger partial charge in [0.05, 0.1) is 6.61 Å². The van der Waals surface area contributed by atoms with Gasteiger partial charge in [0, 0.05) is 4.86 Å². The van der Waals surface area contributed by atoms with Crippen LogP contribution >= 0.6 is 12.2 Å². The van der Waals surface area contributed by atoms with E-state index in [1.54, 1.807) is 0 Å². The molecule has 234 valence electrons. The Morgan fingerprint density at radius 3 is 1.62 bits per heavy atom. The van der Waals surface area contributed by atoms with Crippen molar-refractivity contribution in [2.75, 3.05) is 6.61 Å². The monoisotopic (exact) mass is 590 g/mol. The lowest BCUT2D eigenvalue weighted by Crippen LogP contribution is -1.97. The summed E-state index contributed by atoms with van der Waals surface area (Å²) < 4.78 is 6.05. The summed E-state index contributed by atoms with van der Waals surface area (Å²) in [6.07, 6.45) is 34.5. The molecular weight excluding hydrogens is 529 g/mol. The predicted octanol–water partition coefficient (Wildman–Crippen LogP) is 13.3. The zero-order chi connectivity index (χ0) is 29.9. The van der Waals surface area contributed by atoms with Gasteiger partial charge in [0.1, 0.15) is 5.75 Å². The van der Waals surface area contributed by atoms with Crippen LogP contribution in [0.25, 0.3) is 6.08 Å². The van der Waals surface area contributed by atoms with E-state index in [2.05, 4.69) is 68.5 Å². The molecule has 0 amide bonds. The standard InChI is InChI=1S/C40H62OS/c1-3-5-7-8-9-10-11-12-13-14-15-16-17-18-19-20-21-22-23-34-41-39-27-24-26-37(35-39)30-33-40(42)38-31-28-36(29-32-38)25-6-4-2/h24,26-33,35H,3-23,25,34H2,1-2H3. The summed E-state index contributed by atoms with van der Waals surface area (Å²) in [4.78, 5) is 0.873. The number of thiocarbonyl (C=S) groups is 1. The Bertz CT molecular complexity index is 944. The lowest BCUT2D eigenvalue weighted by Gasteiger charge is -2.07. The van der Waals surface area contributed by atoms with Crippen LogP contribution in [0.1, 0.15) is 165 Å². The highest BCUT2D eigenvalue weighted by Gasteiger charge is 2.01. The summed E-state index contributed by atoms with van der Waals surface area (Å²) in [6.45, 7) is 5.33. The third-order valence-corrected chi connectivity index (χ3v) is 8.73. The van der Waals surface area contributed by atoms with E-state index in [1.807, 2.05) is 6.08 Å². The maximum Gasteiger partial charge on any atom is 0.119 e. The molecule has 0 radical (unpaired) electrons. The van der Waals surface area contributed by atoms with Gasteiger partial charge in [0.2, 0.25) is 0 Å². The molecule has 0 saturated heterocycles.